The van der Waals surface area contributed by atoms with Crippen LogP contribution in [0, 0.1) is 0 Å². The average Bonchev–Trinajstić information content (AvgIpc) is 3.08. The zero-order valence-corrected chi connectivity index (χ0v) is 31.6. The SMILES string of the molecule is CCCCCCc1cccc(N=CC(CCCC)=Nc2cccc(CCCCCC)c2)c1.CCCCc1c(CCC)ccc([O-])c1[O-].[Ni+2]. The normalized spacial score (nSPS) is 11.3. The predicted molar refractivity (Wildman–Crippen MR) is 201 cm³/mol. The standard InChI is InChI=1S/C30H44N2.C13H20O2.Ni/c1-4-7-10-12-16-26-18-14-21-28(23-26)31-25-30(20-9-6-3)32-29-22-15-19-27(24-29)17-13-11-8-5-2;1-3-5-7-11-10(6-4-2)8-9-12(14)13(11)15;/h14-15,18-19,21-25H,4-13,16-17,20H2,1-3H3;8-9,14-15H,3-7H2,1-2H3;/q;;+2/p-2. The van der Waals surface area contributed by atoms with Crippen molar-refractivity contribution >= 4 is 23.3 Å². The van der Waals surface area contributed by atoms with E-state index in [9.17, 15) is 10.2 Å². The molecule has 0 aliphatic rings. The molecule has 3 aromatic carbocycles. The van der Waals surface area contributed by atoms with Gasteiger partial charge in [-0.25, -0.2) is 0 Å². The summed E-state index contributed by atoms with van der Waals surface area (Å²) < 4.78 is 0. The van der Waals surface area contributed by atoms with E-state index in [1.54, 1.807) is 0 Å². The number of aliphatic imine (C=N–C) groups is 2. The second kappa shape index (κ2) is 27.0. The second-order valence-corrected chi connectivity index (χ2v) is 12.8. The van der Waals surface area contributed by atoms with Crippen molar-refractivity contribution in [3.05, 3.63) is 82.9 Å². The molecule has 0 saturated carbocycles. The summed E-state index contributed by atoms with van der Waals surface area (Å²) in [6.07, 6.45) is 22.6. The van der Waals surface area contributed by atoms with Crippen molar-refractivity contribution < 1.29 is 26.7 Å². The van der Waals surface area contributed by atoms with E-state index < -0.39 is 0 Å². The molecule has 5 heteroatoms. The van der Waals surface area contributed by atoms with E-state index in [-0.39, 0.29) is 28.0 Å². The van der Waals surface area contributed by atoms with Gasteiger partial charge in [0.15, 0.2) is 0 Å². The van der Waals surface area contributed by atoms with E-state index in [1.165, 1.54) is 68.6 Å². The first-order valence-electron chi connectivity index (χ1n) is 18.7. The molecular weight excluding hydrogens is 635 g/mol. The number of hydrogen-bond acceptors (Lipinski definition) is 4. The summed E-state index contributed by atoms with van der Waals surface area (Å²) in [5.74, 6) is -0.643. The van der Waals surface area contributed by atoms with Crippen LogP contribution in [0.15, 0.2) is 70.6 Å². The Labute approximate surface area is 303 Å². The van der Waals surface area contributed by atoms with Crippen molar-refractivity contribution in [2.45, 2.75) is 150 Å². The quantitative estimate of drug-likeness (QED) is 0.0631. The maximum atomic E-state index is 11.7. The molecule has 0 fully saturated rings. The first-order valence-corrected chi connectivity index (χ1v) is 18.7. The Balaban J connectivity index is 0.000000604. The van der Waals surface area contributed by atoms with E-state index in [0.717, 1.165) is 92.4 Å². The summed E-state index contributed by atoms with van der Waals surface area (Å²) in [5.41, 5.74) is 7.76. The molecule has 48 heavy (non-hydrogen) atoms. The van der Waals surface area contributed by atoms with E-state index in [4.69, 9.17) is 9.98 Å². The van der Waals surface area contributed by atoms with Gasteiger partial charge in [-0.1, -0.05) is 134 Å². The second-order valence-electron chi connectivity index (χ2n) is 12.8. The molecule has 0 bridgehead atoms. The van der Waals surface area contributed by atoms with E-state index in [0.29, 0.717) is 0 Å². The van der Waals surface area contributed by atoms with Gasteiger partial charge in [0.1, 0.15) is 0 Å². The molecule has 266 valence electrons. The molecule has 0 amide bonds. The number of hydrogen-bond donors (Lipinski definition) is 0. The van der Waals surface area contributed by atoms with E-state index >= 15 is 0 Å². The van der Waals surface area contributed by atoms with Crippen molar-refractivity contribution in [1.82, 2.24) is 0 Å². The van der Waals surface area contributed by atoms with Crippen LogP contribution >= 0.6 is 0 Å². The molecule has 0 N–H and O–H groups in total. The summed E-state index contributed by atoms with van der Waals surface area (Å²) in [7, 11) is 0. The fraction of sp³-hybridized carbons (Fsp3) is 0.535. The third-order valence-corrected chi connectivity index (χ3v) is 8.50. The zero-order chi connectivity index (χ0) is 34.1. The molecule has 0 spiro atoms. The first kappa shape index (κ1) is 43.1. The van der Waals surface area contributed by atoms with Crippen molar-refractivity contribution in [3.8, 4) is 11.5 Å². The third kappa shape index (κ3) is 17.5. The largest absolute Gasteiger partial charge is 2.00 e. The Kier molecular flexibility index (Phi) is 24.2. The van der Waals surface area contributed by atoms with Gasteiger partial charge in [0.05, 0.1) is 17.1 Å². The summed E-state index contributed by atoms with van der Waals surface area (Å²) in [6.45, 7) is 10.9. The smallest absolute Gasteiger partial charge is 0.873 e. The van der Waals surface area contributed by atoms with Crippen LogP contribution in [-0.2, 0) is 42.2 Å². The van der Waals surface area contributed by atoms with Crippen LogP contribution in [0.2, 0.25) is 0 Å². The Hall–Kier alpha value is -2.91. The van der Waals surface area contributed by atoms with Crippen LogP contribution in [0.4, 0.5) is 11.4 Å². The molecule has 0 unspecified atom stereocenters. The van der Waals surface area contributed by atoms with Crippen molar-refractivity contribution in [2.75, 3.05) is 0 Å². The molecule has 0 aliphatic heterocycles. The van der Waals surface area contributed by atoms with Gasteiger partial charge in [-0.05, 0) is 98.7 Å². The maximum Gasteiger partial charge on any atom is 2.00 e. The molecule has 3 rings (SSSR count). The van der Waals surface area contributed by atoms with Gasteiger partial charge in [0, 0.05) is 6.21 Å². The molecule has 0 saturated heterocycles. The first-order chi connectivity index (χ1) is 22.9. The van der Waals surface area contributed by atoms with Gasteiger partial charge in [-0.15, -0.1) is 11.5 Å². The minimum Gasteiger partial charge on any atom is -0.873 e. The summed E-state index contributed by atoms with van der Waals surface area (Å²) in [6, 6.07) is 20.7. The van der Waals surface area contributed by atoms with Crippen LogP contribution < -0.4 is 10.2 Å². The van der Waals surface area contributed by atoms with Gasteiger partial charge in [0.2, 0.25) is 0 Å². The van der Waals surface area contributed by atoms with Crippen molar-refractivity contribution in [2.24, 2.45) is 9.98 Å². The van der Waals surface area contributed by atoms with Crippen molar-refractivity contribution in [3.63, 3.8) is 0 Å². The molecule has 0 aromatic heterocycles. The van der Waals surface area contributed by atoms with Gasteiger partial charge >= 0.3 is 16.5 Å². The topological polar surface area (TPSA) is 70.8 Å². The van der Waals surface area contributed by atoms with Gasteiger partial charge in [-0.2, -0.15) is 0 Å². The minimum atomic E-state index is -0.360. The number of nitrogens with zero attached hydrogens (tertiary/aromatic N) is 2. The van der Waals surface area contributed by atoms with E-state index in [1.807, 2.05) is 12.3 Å². The van der Waals surface area contributed by atoms with Crippen molar-refractivity contribution in [1.29, 1.82) is 0 Å². The average molecular weight is 698 g/mol. The Morgan fingerprint density at radius 3 is 1.75 bits per heavy atom. The molecule has 0 atom stereocenters. The Morgan fingerprint density at radius 1 is 0.583 bits per heavy atom. The van der Waals surface area contributed by atoms with Crippen LogP contribution in [0.1, 0.15) is 147 Å². The van der Waals surface area contributed by atoms with Gasteiger partial charge < -0.3 is 10.2 Å². The van der Waals surface area contributed by atoms with Crippen LogP contribution in [0.25, 0.3) is 0 Å². The maximum absolute atomic E-state index is 11.7. The number of unbranched alkanes of at least 4 members (excludes halogenated alkanes) is 8. The predicted octanol–water partition coefficient (Wildman–Crippen LogP) is 11.7. The number of aryl methyl sites for hydroxylation is 3. The number of rotatable bonds is 21. The monoisotopic (exact) mass is 696 g/mol. The van der Waals surface area contributed by atoms with Gasteiger partial charge in [-0.3, -0.25) is 9.98 Å². The number of benzene rings is 3. The van der Waals surface area contributed by atoms with Crippen LogP contribution in [0.3, 0.4) is 0 Å². The minimum absolute atomic E-state index is 0. The van der Waals surface area contributed by atoms with Crippen LogP contribution in [0.5, 0.6) is 11.5 Å². The van der Waals surface area contributed by atoms with Crippen LogP contribution in [-0.4, -0.2) is 11.9 Å². The van der Waals surface area contributed by atoms with Gasteiger partial charge in [0.25, 0.3) is 0 Å². The molecule has 3 aromatic rings. The molecular formula is C43H62N2NiO2. The summed E-state index contributed by atoms with van der Waals surface area (Å²) in [5, 5.41) is 22.9. The fourth-order valence-corrected chi connectivity index (χ4v) is 5.69. The summed E-state index contributed by atoms with van der Waals surface area (Å²) in [4.78, 5) is 9.77. The molecule has 4 nitrogen and oxygen atoms in total. The fourth-order valence-electron chi connectivity index (χ4n) is 5.69. The molecule has 0 aliphatic carbocycles. The molecule has 0 radical (unpaired) electrons. The Morgan fingerprint density at radius 2 is 1.17 bits per heavy atom. The Bertz CT molecular complexity index is 1330. The van der Waals surface area contributed by atoms with E-state index in [2.05, 4.69) is 83.1 Å². The summed E-state index contributed by atoms with van der Waals surface area (Å²) >= 11 is 0. The molecule has 0 heterocycles. The third-order valence-electron chi connectivity index (χ3n) is 8.50. The zero-order valence-electron chi connectivity index (χ0n) is 30.6.